The summed E-state index contributed by atoms with van der Waals surface area (Å²) in [4.78, 5) is 0.362. The molecule has 0 aliphatic carbocycles. The zero-order chi connectivity index (χ0) is 14.0. The standard InChI is InChI=1S/C13H19BrN2O2S/c1-10-5-6-13(12(14)8-10)19(17,18)16-7-3-4-11(16)9-15-2/h5-6,8,11,15H,3-4,7,9H2,1-2H3/t11-/m1/s1. The first-order valence-electron chi connectivity index (χ1n) is 6.39. The Morgan fingerprint density at radius 2 is 2.21 bits per heavy atom. The van der Waals surface area contributed by atoms with Crippen molar-refractivity contribution in [2.24, 2.45) is 0 Å². The molecule has 0 radical (unpaired) electrons. The average Bonchev–Trinajstić information content (AvgIpc) is 2.78. The van der Waals surface area contributed by atoms with E-state index in [1.165, 1.54) is 0 Å². The molecule has 1 saturated heterocycles. The lowest BCUT2D eigenvalue weighted by Gasteiger charge is -2.24. The van der Waals surface area contributed by atoms with Crippen molar-refractivity contribution in [2.45, 2.75) is 30.7 Å². The summed E-state index contributed by atoms with van der Waals surface area (Å²) in [6, 6.07) is 5.42. The molecule has 0 unspecified atom stereocenters. The van der Waals surface area contributed by atoms with E-state index in [0.717, 1.165) is 18.4 Å². The van der Waals surface area contributed by atoms with Gasteiger partial charge in [0.1, 0.15) is 0 Å². The van der Waals surface area contributed by atoms with E-state index in [1.54, 1.807) is 10.4 Å². The van der Waals surface area contributed by atoms with E-state index < -0.39 is 10.0 Å². The Labute approximate surface area is 123 Å². The van der Waals surface area contributed by atoms with Crippen LogP contribution in [0.15, 0.2) is 27.6 Å². The van der Waals surface area contributed by atoms with Gasteiger partial charge in [-0.25, -0.2) is 8.42 Å². The zero-order valence-electron chi connectivity index (χ0n) is 11.2. The van der Waals surface area contributed by atoms with E-state index >= 15 is 0 Å². The molecule has 106 valence electrons. The molecular weight excluding hydrogens is 328 g/mol. The molecule has 0 amide bonds. The highest BCUT2D eigenvalue weighted by Crippen LogP contribution is 2.30. The number of hydrogen-bond donors (Lipinski definition) is 1. The van der Waals surface area contributed by atoms with Crippen LogP contribution < -0.4 is 5.32 Å². The lowest BCUT2D eigenvalue weighted by Crippen LogP contribution is -2.40. The predicted molar refractivity (Wildman–Crippen MR) is 79.7 cm³/mol. The van der Waals surface area contributed by atoms with Crippen LogP contribution in [0.1, 0.15) is 18.4 Å². The van der Waals surface area contributed by atoms with Crippen LogP contribution >= 0.6 is 15.9 Å². The molecule has 0 saturated carbocycles. The summed E-state index contributed by atoms with van der Waals surface area (Å²) in [5.41, 5.74) is 1.04. The van der Waals surface area contributed by atoms with Gasteiger partial charge in [0, 0.05) is 23.6 Å². The number of nitrogens with zero attached hydrogens (tertiary/aromatic N) is 1. The van der Waals surface area contributed by atoms with E-state index in [2.05, 4.69) is 21.2 Å². The first kappa shape index (κ1) is 15.0. The quantitative estimate of drug-likeness (QED) is 0.908. The van der Waals surface area contributed by atoms with E-state index in [0.29, 0.717) is 22.5 Å². The van der Waals surface area contributed by atoms with Crippen molar-refractivity contribution in [3.8, 4) is 0 Å². The molecule has 19 heavy (non-hydrogen) atoms. The Bertz CT molecular complexity index is 560. The van der Waals surface area contributed by atoms with Crippen molar-refractivity contribution >= 4 is 26.0 Å². The van der Waals surface area contributed by atoms with Crippen LogP contribution in [-0.2, 0) is 10.0 Å². The fraction of sp³-hybridized carbons (Fsp3) is 0.538. The van der Waals surface area contributed by atoms with Crippen molar-refractivity contribution in [3.05, 3.63) is 28.2 Å². The lowest BCUT2D eigenvalue weighted by atomic mass is 10.2. The van der Waals surface area contributed by atoms with E-state index in [4.69, 9.17) is 0 Å². The minimum Gasteiger partial charge on any atom is -0.318 e. The number of aryl methyl sites for hydroxylation is 1. The summed E-state index contributed by atoms with van der Waals surface area (Å²) >= 11 is 3.37. The van der Waals surface area contributed by atoms with Crippen LogP contribution in [0.25, 0.3) is 0 Å². The largest absolute Gasteiger partial charge is 0.318 e. The van der Waals surface area contributed by atoms with E-state index in [9.17, 15) is 8.42 Å². The van der Waals surface area contributed by atoms with Gasteiger partial charge >= 0.3 is 0 Å². The number of nitrogens with one attached hydrogen (secondary N) is 1. The number of sulfonamides is 1. The molecule has 1 heterocycles. The molecule has 1 N–H and O–H groups in total. The topological polar surface area (TPSA) is 49.4 Å². The summed E-state index contributed by atoms with van der Waals surface area (Å²) in [5.74, 6) is 0. The van der Waals surface area contributed by atoms with Gasteiger partial charge in [0.15, 0.2) is 0 Å². The molecular formula is C13H19BrN2O2S. The van der Waals surface area contributed by atoms with Crippen LogP contribution in [0.2, 0.25) is 0 Å². The predicted octanol–water partition coefficient (Wildman–Crippen LogP) is 2.13. The number of hydrogen-bond acceptors (Lipinski definition) is 3. The Balaban J connectivity index is 2.36. The second-order valence-electron chi connectivity index (χ2n) is 4.90. The van der Waals surface area contributed by atoms with Crippen molar-refractivity contribution < 1.29 is 8.42 Å². The SMILES string of the molecule is CNC[C@H]1CCCN1S(=O)(=O)c1ccc(C)cc1Br. The molecule has 0 spiro atoms. The number of benzene rings is 1. The van der Waals surface area contributed by atoms with Gasteiger partial charge in [-0.15, -0.1) is 0 Å². The van der Waals surface area contributed by atoms with Gasteiger partial charge in [-0.05, 0) is 60.4 Å². The Morgan fingerprint density at radius 1 is 1.47 bits per heavy atom. The second-order valence-corrected chi connectivity index (χ2v) is 7.62. The smallest absolute Gasteiger partial charge is 0.244 e. The molecule has 0 aromatic heterocycles. The molecule has 0 bridgehead atoms. The maximum Gasteiger partial charge on any atom is 0.244 e. The Hall–Kier alpha value is -0.430. The normalized spacial score (nSPS) is 20.9. The third-order valence-electron chi connectivity index (χ3n) is 3.44. The Kier molecular flexibility index (Phi) is 4.66. The van der Waals surface area contributed by atoms with Crippen LogP contribution in [0.3, 0.4) is 0 Å². The third kappa shape index (κ3) is 3.02. The van der Waals surface area contributed by atoms with E-state index in [1.807, 2.05) is 26.1 Å². The first-order chi connectivity index (χ1) is 8.96. The van der Waals surface area contributed by atoms with Gasteiger partial charge in [-0.1, -0.05) is 6.07 Å². The van der Waals surface area contributed by atoms with Crippen molar-refractivity contribution in [2.75, 3.05) is 20.1 Å². The highest BCUT2D eigenvalue weighted by atomic mass is 79.9. The highest BCUT2D eigenvalue weighted by Gasteiger charge is 2.35. The van der Waals surface area contributed by atoms with Gasteiger partial charge in [0.2, 0.25) is 10.0 Å². The second kappa shape index (κ2) is 5.91. The third-order valence-corrected chi connectivity index (χ3v) is 6.37. The summed E-state index contributed by atoms with van der Waals surface area (Å²) in [7, 11) is -1.56. The summed E-state index contributed by atoms with van der Waals surface area (Å²) in [5, 5.41) is 3.07. The summed E-state index contributed by atoms with van der Waals surface area (Å²) in [6.07, 6.45) is 1.85. The van der Waals surface area contributed by atoms with Crippen molar-refractivity contribution in [1.82, 2.24) is 9.62 Å². The van der Waals surface area contributed by atoms with Crippen molar-refractivity contribution in [1.29, 1.82) is 0 Å². The fourth-order valence-electron chi connectivity index (χ4n) is 2.51. The molecule has 1 aliphatic heterocycles. The van der Waals surface area contributed by atoms with Gasteiger partial charge in [0.25, 0.3) is 0 Å². The monoisotopic (exact) mass is 346 g/mol. The van der Waals surface area contributed by atoms with Crippen LogP contribution in [0.4, 0.5) is 0 Å². The van der Waals surface area contributed by atoms with E-state index in [-0.39, 0.29) is 6.04 Å². The zero-order valence-corrected chi connectivity index (χ0v) is 13.6. The molecule has 4 nitrogen and oxygen atoms in total. The Morgan fingerprint density at radius 3 is 2.84 bits per heavy atom. The number of rotatable bonds is 4. The minimum atomic E-state index is -3.41. The molecule has 1 aromatic carbocycles. The van der Waals surface area contributed by atoms with Crippen LogP contribution in [-0.4, -0.2) is 38.9 Å². The van der Waals surface area contributed by atoms with Crippen LogP contribution in [0.5, 0.6) is 0 Å². The van der Waals surface area contributed by atoms with Gasteiger partial charge in [-0.3, -0.25) is 0 Å². The van der Waals surface area contributed by atoms with Gasteiger partial charge < -0.3 is 5.32 Å². The maximum absolute atomic E-state index is 12.7. The summed E-state index contributed by atoms with van der Waals surface area (Å²) < 4.78 is 27.7. The molecule has 1 atom stereocenters. The highest BCUT2D eigenvalue weighted by molar-refractivity contribution is 9.10. The lowest BCUT2D eigenvalue weighted by molar-refractivity contribution is 0.379. The summed E-state index contributed by atoms with van der Waals surface area (Å²) in [6.45, 7) is 3.25. The molecule has 1 aromatic rings. The molecule has 6 heteroatoms. The minimum absolute atomic E-state index is 0.0585. The fourth-order valence-corrected chi connectivity index (χ4v) is 5.35. The number of halogens is 1. The van der Waals surface area contributed by atoms with Gasteiger partial charge in [-0.2, -0.15) is 4.31 Å². The molecule has 1 fully saturated rings. The average molecular weight is 347 g/mol. The van der Waals surface area contributed by atoms with Gasteiger partial charge in [0.05, 0.1) is 4.90 Å². The van der Waals surface area contributed by atoms with Crippen LogP contribution in [0, 0.1) is 6.92 Å². The molecule has 1 aliphatic rings. The molecule has 2 rings (SSSR count). The maximum atomic E-state index is 12.7. The number of likely N-dealkylation sites (N-methyl/N-ethyl adjacent to an activating group) is 1. The first-order valence-corrected chi connectivity index (χ1v) is 8.62. The van der Waals surface area contributed by atoms with Crippen molar-refractivity contribution in [3.63, 3.8) is 0 Å².